The molecule has 1 rings (SSSR count). The lowest BCUT2D eigenvalue weighted by Crippen LogP contribution is -2.29. The van der Waals surface area contributed by atoms with Gasteiger partial charge >= 0.3 is 0 Å². The van der Waals surface area contributed by atoms with Crippen molar-refractivity contribution < 1.29 is 4.39 Å². The van der Waals surface area contributed by atoms with Gasteiger partial charge in [-0.3, -0.25) is 4.90 Å². The van der Waals surface area contributed by atoms with Gasteiger partial charge in [0.25, 0.3) is 0 Å². The van der Waals surface area contributed by atoms with Crippen LogP contribution in [0.15, 0.2) is 18.2 Å². The highest BCUT2D eigenvalue weighted by Gasteiger charge is 2.13. The summed E-state index contributed by atoms with van der Waals surface area (Å²) in [5.41, 5.74) is 1.95. The third kappa shape index (κ3) is 5.22. The van der Waals surface area contributed by atoms with E-state index in [1.54, 1.807) is 6.07 Å². The van der Waals surface area contributed by atoms with E-state index in [2.05, 4.69) is 31.0 Å². The third-order valence-corrected chi connectivity index (χ3v) is 4.00. The second-order valence-corrected chi connectivity index (χ2v) is 5.47. The fourth-order valence-corrected chi connectivity index (χ4v) is 2.52. The van der Waals surface area contributed by atoms with Gasteiger partial charge in [-0.15, -0.1) is 0 Å². The van der Waals surface area contributed by atoms with Gasteiger partial charge in [0.1, 0.15) is 5.82 Å². The van der Waals surface area contributed by atoms with E-state index in [1.165, 1.54) is 12.8 Å². The van der Waals surface area contributed by atoms with Crippen molar-refractivity contribution in [3.63, 3.8) is 0 Å². The lowest BCUT2D eigenvalue weighted by molar-refractivity contribution is 0.223. The molecule has 0 aliphatic carbocycles. The zero-order chi connectivity index (χ0) is 15.0. The Balaban J connectivity index is 2.75. The maximum absolute atomic E-state index is 14.0. The van der Waals surface area contributed by atoms with E-state index in [0.717, 1.165) is 30.8 Å². The van der Waals surface area contributed by atoms with Crippen molar-refractivity contribution in [1.29, 1.82) is 0 Å². The normalized spacial score (nSPS) is 11.6. The van der Waals surface area contributed by atoms with Crippen molar-refractivity contribution in [1.82, 2.24) is 10.2 Å². The molecule has 0 aliphatic rings. The highest BCUT2D eigenvalue weighted by atomic mass is 19.1. The summed E-state index contributed by atoms with van der Waals surface area (Å²) in [6, 6.07) is 5.43. The summed E-state index contributed by atoms with van der Waals surface area (Å²) in [7, 11) is 1.91. The van der Waals surface area contributed by atoms with Crippen LogP contribution in [-0.4, -0.2) is 25.0 Å². The molecule has 20 heavy (non-hydrogen) atoms. The molecule has 114 valence electrons. The molecule has 2 nitrogen and oxygen atoms in total. The molecule has 0 aromatic heterocycles. The monoisotopic (exact) mass is 280 g/mol. The van der Waals surface area contributed by atoms with Crippen molar-refractivity contribution in [2.24, 2.45) is 5.92 Å². The van der Waals surface area contributed by atoms with Crippen molar-refractivity contribution in [2.45, 2.75) is 46.7 Å². The first-order valence-electron chi connectivity index (χ1n) is 7.78. The number of benzene rings is 1. The van der Waals surface area contributed by atoms with Gasteiger partial charge in [-0.1, -0.05) is 45.7 Å². The highest BCUT2D eigenvalue weighted by molar-refractivity contribution is 5.25. The predicted octanol–water partition coefficient (Wildman–Crippen LogP) is 3.80. The van der Waals surface area contributed by atoms with E-state index in [9.17, 15) is 4.39 Å². The van der Waals surface area contributed by atoms with Crippen molar-refractivity contribution in [3.05, 3.63) is 35.1 Å². The summed E-state index contributed by atoms with van der Waals surface area (Å²) in [6.45, 7) is 10.1. The summed E-state index contributed by atoms with van der Waals surface area (Å²) in [6.07, 6.45) is 2.38. The maximum Gasteiger partial charge on any atom is 0.127 e. The molecule has 0 bridgehead atoms. The molecule has 0 heterocycles. The number of rotatable bonds is 9. The summed E-state index contributed by atoms with van der Waals surface area (Å²) >= 11 is 0. The number of hydrogen-bond donors (Lipinski definition) is 1. The smallest absolute Gasteiger partial charge is 0.127 e. The molecule has 0 saturated carbocycles. The largest absolute Gasteiger partial charge is 0.316 e. The molecule has 3 heteroatoms. The SMILES string of the molecule is CCC(CC)CN(CC)Cc1cc(CNC)ccc1F. The highest BCUT2D eigenvalue weighted by Crippen LogP contribution is 2.16. The standard InChI is InChI=1S/C17H29FN2/c1-5-14(6-2)12-20(7-3)13-16-10-15(11-19-4)8-9-17(16)18/h8-10,14,19H,5-7,11-13H2,1-4H3. The lowest BCUT2D eigenvalue weighted by Gasteiger charge is -2.25. The minimum atomic E-state index is -0.0900. The van der Waals surface area contributed by atoms with Crippen molar-refractivity contribution in [2.75, 3.05) is 20.1 Å². The zero-order valence-electron chi connectivity index (χ0n) is 13.4. The predicted molar refractivity (Wildman–Crippen MR) is 84.2 cm³/mol. The Bertz CT molecular complexity index is 389. The molecule has 0 spiro atoms. The Hall–Kier alpha value is -0.930. The van der Waals surface area contributed by atoms with Crippen LogP contribution in [0.4, 0.5) is 4.39 Å². The Morgan fingerprint density at radius 2 is 1.90 bits per heavy atom. The van der Waals surface area contributed by atoms with Gasteiger partial charge < -0.3 is 5.32 Å². The first-order chi connectivity index (χ1) is 9.64. The minimum absolute atomic E-state index is 0.0900. The number of nitrogens with zero attached hydrogens (tertiary/aromatic N) is 1. The van der Waals surface area contributed by atoms with Crippen LogP contribution in [0, 0.1) is 11.7 Å². The van der Waals surface area contributed by atoms with Crippen molar-refractivity contribution in [3.8, 4) is 0 Å². The molecule has 0 radical (unpaired) electrons. The van der Waals surface area contributed by atoms with E-state index >= 15 is 0 Å². The molecule has 0 fully saturated rings. The number of nitrogens with one attached hydrogen (secondary N) is 1. The Morgan fingerprint density at radius 1 is 1.20 bits per heavy atom. The lowest BCUT2D eigenvalue weighted by atomic mass is 10.0. The van der Waals surface area contributed by atoms with Crippen LogP contribution in [0.5, 0.6) is 0 Å². The minimum Gasteiger partial charge on any atom is -0.316 e. The van der Waals surface area contributed by atoms with E-state index in [4.69, 9.17) is 0 Å². The van der Waals surface area contributed by atoms with Crippen LogP contribution < -0.4 is 5.32 Å². The molecule has 0 aliphatic heterocycles. The van der Waals surface area contributed by atoms with Gasteiger partial charge in [0.15, 0.2) is 0 Å². The molecular weight excluding hydrogens is 251 g/mol. The molecule has 1 aromatic rings. The van der Waals surface area contributed by atoms with Crippen LogP contribution in [0.3, 0.4) is 0 Å². The second kappa shape index (κ2) is 9.09. The van der Waals surface area contributed by atoms with Gasteiger partial charge in [0.05, 0.1) is 0 Å². The number of halogens is 1. The topological polar surface area (TPSA) is 15.3 Å². The summed E-state index contributed by atoms with van der Waals surface area (Å²) in [5, 5.41) is 3.11. The molecule has 0 atom stereocenters. The molecule has 0 saturated heterocycles. The van der Waals surface area contributed by atoms with Crippen LogP contribution >= 0.6 is 0 Å². The van der Waals surface area contributed by atoms with Gasteiger partial charge in [-0.25, -0.2) is 4.39 Å². The van der Waals surface area contributed by atoms with E-state index < -0.39 is 0 Å². The van der Waals surface area contributed by atoms with Crippen LogP contribution in [0.25, 0.3) is 0 Å². The Labute approximate surface area is 123 Å². The quantitative estimate of drug-likeness (QED) is 0.740. The number of hydrogen-bond acceptors (Lipinski definition) is 2. The fourth-order valence-electron chi connectivity index (χ4n) is 2.52. The molecule has 0 amide bonds. The van der Waals surface area contributed by atoms with Gasteiger partial charge in [-0.05, 0) is 31.1 Å². The fraction of sp³-hybridized carbons (Fsp3) is 0.647. The summed E-state index contributed by atoms with van der Waals surface area (Å²) in [5.74, 6) is 0.617. The van der Waals surface area contributed by atoms with E-state index in [1.807, 2.05) is 19.2 Å². The van der Waals surface area contributed by atoms with Crippen LogP contribution in [0.2, 0.25) is 0 Å². The maximum atomic E-state index is 14.0. The molecule has 1 N–H and O–H groups in total. The average Bonchev–Trinajstić information content (AvgIpc) is 2.46. The first kappa shape index (κ1) is 17.1. The second-order valence-electron chi connectivity index (χ2n) is 5.47. The average molecular weight is 280 g/mol. The van der Waals surface area contributed by atoms with Crippen molar-refractivity contribution >= 4 is 0 Å². The van der Waals surface area contributed by atoms with E-state index in [0.29, 0.717) is 12.5 Å². The Morgan fingerprint density at radius 3 is 2.45 bits per heavy atom. The van der Waals surface area contributed by atoms with E-state index in [-0.39, 0.29) is 5.82 Å². The third-order valence-electron chi connectivity index (χ3n) is 4.00. The molecule has 0 unspecified atom stereocenters. The summed E-state index contributed by atoms with van der Waals surface area (Å²) in [4.78, 5) is 2.35. The Kier molecular flexibility index (Phi) is 7.78. The van der Waals surface area contributed by atoms with Crippen LogP contribution in [-0.2, 0) is 13.1 Å². The first-order valence-corrected chi connectivity index (χ1v) is 7.78. The van der Waals surface area contributed by atoms with Gasteiger partial charge in [-0.2, -0.15) is 0 Å². The van der Waals surface area contributed by atoms with Gasteiger partial charge in [0, 0.05) is 25.2 Å². The zero-order valence-corrected chi connectivity index (χ0v) is 13.4. The molecule has 1 aromatic carbocycles. The summed E-state index contributed by atoms with van der Waals surface area (Å²) < 4.78 is 14.0. The molecular formula is C17H29FN2. The van der Waals surface area contributed by atoms with Crippen LogP contribution in [0.1, 0.15) is 44.7 Å². The van der Waals surface area contributed by atoms with Gasteiger partial charge in [0.2, 0.25) is 0 Å².